The van der Waals surface area contributed by atoms with E-state index in [1.54, 1.807) is 18.2 Å². The normalized spacial score (nSPS) is 17.6. The highest BCUT2D eigenvalue weighted by molar-refractivity contribution is 7.89. The van der Waals surface area contributed by atoms with E-state index in [0.717, 1.165) is 16.9 Å². The minimum absolute atomic E-state index is 0.0307. The zero-order valence-electron chi connectivity index (χ0n) is 15.7. The van der Waals surface area contributed by atoms with Crippen LogP contribution in [-0.2, 0) is 14.8 Å². The lowest BCUT2D eigenvalue weighted by Gasteiger charge is -2.31. The Morgan fingerprint density at radius 1 is 1.31 bits per heavy atom. The monoisotopic (exact) mass is 380 g/mol. The van der Waals surface area contributed by atoms with Crippen molar-refractivity contribution in [2.75, 3.05) is 39.3 Å². The number of nitrogens with zero attached hydrogens (tertiary/aromatic N) is 1. The van der Waals surface area contributed by atoms with Crippen LogP contribution in [0.4, 0.5) is 0 Å². The van der Waals surface area contributed by atoms with E-state index in [4.69, 9.17) is 0 Å². The van der Waals surface area contributed by atoms with Crippen molar-refractivity contribution < 1.29 is 18.1 Å². The second kappa shape index (κ2) is 9.30. The lowest BCUT2D eigenvalue weighted by Crippen LogP contribution is -3.15. The van der Waals surface area contributed by atoms with Crippen LogP contribution in [0.25, 0.3) is 0 Å². The van der Waals surface area contributed by atoms with Crippen LogP contribution in [0.5, 0.6) is 0 Å². The van der Waals surface area contributed by atoms with Crippen molar-refractivity contribution in [1.82, 2.24) is 9.62 Å². The molecule has 26 heavy (non-hydrogen) atoms. The van der Waals surface area contributed by atoms with Crippen LogP contribution in [0.2, 0.25) is 0 Å². The van der Waals surface area contributed by atoms with Gasteiger partial charge in [0, 0.05) is 6.54 Å². The molecular formula is C19H30N3O3S+. The number of amides is 1. The molecule has 6 nitrogen and oxygen atoms in total. The van der Waals surface area contributed by atoms with Gasteiger partial charge < -0.3 is 10.2 Å². The zero-order chi connectivity index (χ0) is 19.2. The Labute approximate surface area is 156 Å². The fourth-order valence-electron chi connectivity index (χ4n) is 3.05. The summed E-state index contributed by atoms with van der Waals surface area (Å²) in [6.07, 6.45) is 2.67. The van der Waals surface area contributed by atoms with E-state index >= 15 is 0 Å². The van der Waals surface area contributed by atoms with Gasteiger partial charge >= 0.3 is 0 Å². The summed E-state index contributed by atoms with van der Waals surface area (Å²) >= 11 is 0. The van der Waals surface area contributed by atoms with Crippen molar-refractivity contribution in [2.24, 2.45) is 0 Å². The molecule has 1 saturated heterocycles. The number of hydrogen-bond acceptors (Lipinski definition) is 3. The van der Waals surface area contributed by atoms with Gasteiger partial charge in [-0.2, -0.15) is 4.31 Å². The van der Waals surface area contributed by atoms with Crippen molar-refractivity contribution in [3.63, 3.8) is 0 Å². The molecule has 1 fully saturated rings. The summed E-state index contributed by atoms with van der Waals surface area (Å²) in [5.74, 6) is 0.392. The minimum Gasteiger partial charge on any atom is -0.348 e. The molecule has 0 aliphatic carbocycles. The molecule has 0 bridgehead atoms. The van der Waals surface area contributed by atoms with Gasteiger partial charge in [0.1, 0.15) is 0 Å². The molecule has 1 atom stereocenters. The van der Waals surface area contributed by atoms with E-state index in [1.807, 2.05) is 12.1 Å². The predicted octanol–water partition coefficient (Wildman–Crippen LogP) is 0.392. The Morgan fingerprint density at radius 2 is 1.92 bits per heavy atom. The third-order valence-electron chi connectivity index (χ3n) is 4.98. The molecule has 0 unspecified atom stereocenters. The number of quaternary nitrogens is 1. The highest BCUT2D eigenvalue weighted by Gasteiger charge is 2.31. The molecular weight excluding hydrogens is 350 g/mol. The fraction of sp³-hybridized carbons (Fsp3) is 0.526. The smallest absolute Gasteiger partial charge is 0.275 e. The first-order chi connectivity index (χ1) is 12.4. The number of hydrogen-bond donors (Lipinski definition) is 2. The molecule has 144 valence electrons. The van der Waals surface area contributed by atoms with Crippen molar-refractivity contribution in [2.45, 2.75) is 31.1 Å². The Hall–Kier alpha value is -1.70. The van der Waals surface area contributed by atoms with Gasteiger partial charge in [-0.15, -0.1) is 6.58 Å². The van der Waals surface area contributed by atoms with Crippen LogP contribution in [0, 0.1) is 0 Å². The molecule has 7 heteroatoms. The van der Waals surface area contributed by atoms with E-state index in [1.165, 1.54) is 4.31 Å². The molecule has 1 aliphatic heterocycles. The van der Waals surface area contributed by atoms with E-state index in [0.29, 0.717) is 50.1 Å². The fourth-order valence-corrected chi connectivity index (χ4v) is 4.49. The largest absolute Gasteiger partial charge is 0.348 e. The number of nitrogens with one attached hydrogen (secondary N) is 2. The second-order valence-electron chi connectivity index (χ2n) is 6.80. The lowest BCUT2D eigenvalue weighted by molar-refractivity contribution is -0.895. The quantitative estimate of drug-likeness (QED) is 0.641. The third-order valence-corrected chi connectivity index (χ3v) is 6.90. The lowest BCUT2D eigenvalue weighted by atomic mass is 9.99. The molecule has 2 N–H and O–H groups in total. The SMILES string of the molecule is C=CCNC(=O)C[NH+]1CCN(S(=O)(=O)c2ccc([C@@H](C)CC)cc2)CC1. The highest BCUT2D eigenvalue weighted by Crippen LogP contribution is 2.22. The molecule has 2 rings (SSSR count). The summed E-state index contributed by atoms with van der Waals surface area (Å²) < 4.78 is 27.2. The first kappa shape index (κ1) is 20.6. The van der Waals surface area contributed by atoms with Crippen LogP contribution in [-0.4, -0.2) is 57.9 Å². The van der Waals surface area contributed by atoms with Gasteiger partial charge in [-0.25, -0.2) is 8.42 Å². The van der Waals surface area contributed by atoms with Gasteiger partial charge in [-0.1, -0.05) is 32.1 Å². The van der Waals surface area contributed by atoms with Crippen LogP contribution >= 0.6 is 0 Å². The van der Waals surface area contributed by atoms with Crippen molar-refractivity contribution in [3.8, 4) is 0 Å². The van der Waals surface area contributed by atoms with Crippen molar-refractivity contribution >= 4 is 15.9 Å². The van der Waals surface area contributed by atoms with E-state index < -0.39 is 10.0 Å². The number of piperazine rings is 1. The molecule has 0 saturated carbocycles. The number of carbonyl (C=O) groups is 1. The Balaban J connectivity index is 1.95. The molecule has 1 heterocycles. The standard InChI is InChI=1S/C19H29N3O3S/c1-4-10-20-19(23)15-21-11-13-22(14-12-21)26(24,25)18-8-6-17(7-9-18)16(3)5-2/h4,6-9,16H,1,5,10-15H2,2-3H3,(H,20,23)/p+1/t16-/m0/s1. The molecule has 0 radical (unpaired) electrons. The van der Waals surface area contributed by atoms with E-state index in [2.05, 4.69) is 25.7 Å². The van der Waals surface area contributed by atoms with Gasteiger partial charge in [0.15, 0.2) is 6.54 Å². The summed E-state index contributed by atoms with van der Waals surface area (Å²) in [5.41, 5.74) is 1.16. The van der Waals surface area contributed by atoms with Gasteiger partial charge in [-0.3, -0.25) is 4.79 Å². The number of rotatable bonds is 8. The molecule has 1 aliphatic rings. The van der Waals surface area contributed by atoms with E-state index in [9.17, 15) is 13.2 Å². The topological polar surface area (TPSA) is 70.9 Å². The maximum absolute atomic E-state index is 12.8. The zero-order valence-corrected chi connectivity index (χ0v) is 16.5. The number of benzene rings is 1. The van der Waals surface area contributed by atoms with Crippen LogP contribution < -0.4 is 10.2 Å². The summed E-state index contributed by atoms with van der Waals surface area (Å²) in [5, 5.41) is 2.76. The first-order valence-electron chi connectivity index (χ1n) is 9.19. The average molecular weight is 381 g/mol. The van der Waals surface area contributed by atoms with Crippen molar-refractivity contribution in [1.29, 1.82) is 0 Å². The van der Waals surface area contributed by atoms with Crippen LogP contribution in [0.3, 0.4) is 0 Å². The van der Waals surface area contributed by atoms with Crippen molar-refractivity contribution in [3.05, 3.63) is 42.5 Å². The van der Waals surface area contributed by atoms with Crippen LogP contribution in [0.15, 0.2) is 41.8 Å². The minimum atomic E-state index is -3.47. The Morgan fingerprint density at radius 3 is 2.46 bits per heavy atom. The Kier molecular flexibility index (Phi) is 7.37. The van der Waals surface area contributed by atoms with Crippen LogP contribution in [0.1, 0.15) is 31.7 Å². The van der Waals surface area contributed by atoms with Gasteiger partial charge in [0.05, 0.1) is 31.1 Å². The Bertz CT molecular complexity index is 708. The molecule has 1 aromatic rings. The summed E-state index contributed by atoms with van der Waals surface area (Å²) in [6.45, 7) is 10.8. The third kappa shape index (κ3) is 5.16. The summed E-state index contributed by atoms with van der Waals surface area (Å²) in [7, 11) is -3.47. The molecule has 1 amide bonds. The van der Waals surface area contributed by atoms with Gasteiger partial charge in [0.2, 0.25) is 10.0 Å². The molecule has 1 aromatic carbocycles. The predicted molar refractivity (Wildman–Crippen MR) is 103 cm³/mol. The molecule has 0 spiro atoms. The summed E-state index contributed by atoms with van der Waals surface area (Å²) in [4.78, 5) is 13.2. The second-order valence-corrected chi connectivity index (χ2v) is 8.74. The number of sulfonamides is 1. The number of carbonyl (C=O) groups excluding carboxylic acids is 1. The maximum atomic E-state index is 12.8. The maximum Gasteiger partial charge on any atom is 0.275 e. The van der Waals surface area contributed by atoms with Gasteiger partial charge in [0.25, 0.3) is 5.91 Å². The molecule has 0 aromatic heterocycles. The van der Waals surface area contributed by atoms with Gasteiger partial charge in [-0.05, 0) is 30.0 Å². The highest BCUT2D eigenvalue weighted by atomic mass is 32.2. The van der Waals surface area contributed by atoms with E-state index in [-0.39, 0.29) is 5.91 Å². The summed E-state index contributed by atoms with van der Waals surface area (Å²) in [6, 6.07) is 7.23. The average Bonchev–Trinajstić information content (AvgIpc) is 2.66. The first-order valence-corrected chi connectivity index (χ1v) is 10.6.